The molecule has 0 aromatic heterocycles. The molecular formula is C10H19N. The van der Waals surface area contributed by atoms with Crippen molar-refractivity contribution in [1.29, 1.82) is 0 Å². The van der Waals surface area contributed by atoms with E-state index in [-0.39, 0.29) is 0 Å². The van der Waals surface area contributed by atoms with Gasteiger partial charge in [-0.1, -0.05) is 19.3 Å². The summed E-state index contributed by atoms with van der Waals surface area (Å²) < 4.78 is 0. The number of rotatable bonds is 1. The second-order valence-corrected chi connectivity index (χ2v) is 4.39. The van der Waals surface area contributed by atoms with E-state index in [4.69, 9.17) is 5.73 Å². The SMILES string of the molecule is NCC1CCCCCC12CC2. The molecule has 2 rings (SSSR count). The highest BCUT2D eigenvalue weighted by atomic mass is 14.6. The Morgan fingerprint density at radius 3 is 2.55 bits per heavy atom. The van der Waals surface area contributed by atoms with Crippen molar-refractivity contribution in [3.8, 4) is 0 Å². The zero-order valence-corrected chi connectivity index (χ0v) is 7.31. The lowest BCUT2D eigenvalue weighted by atomic mass is 9.85. The first-order valence-electron chi connectivity index (χ1n) is 5.07. The molecule has 0 amide bonds. The van der Waals surface area contributed by atoms with Crippen molar-refractivity contribution in [3.63, 3.8) is 0 Å². The second kappa shape index (κ2) is 2.78. The molecule has 0 aromatic carbocycles. The van der Waals surface area contributed by atoms with Crippen molar-refractivity contribution < 1.29 is 0 Å². The molecule has 2 aliphatic carbocycles. The largest absolute Gasteiger partial charge is 0.330 e. The van der Waals surface area contributed by atoms with Crippen LogP contribution in [0.5, 0.6) is 0 Å². The first-order chi connectivity index (χ1) is 5.37. The van der Waals surface area contributed by atoms with Crippen LogP contribution in [-0.2, 0) is 0 Å². The third-order valence-corrected chi connectivity index (χ3v) is 3.77. The third kappa shape index (κ3) is 1.31. The molecule has 1 nitrogen and oxygen atoms in total. The minimum atomic E-state index is 0.755. The Bertz CT molecular complexity index is 138. The van der Waals surface area contributed by atoms with E-state index in [1.807, 2.05) is 0 Å². The Morgan fingerprint density at radius 2 is 1.91 bits per heavy atom. The molecule has 2 N–H and O–H groups in total. The number of hydrogen-bond acceptors (Lipinski definition) is 1. The van der Waals surface area contributed by atoms with Crippen molar-refractivity contribution in [1.82, 2.24) is 0 Å². The van der Waals surface area contributed by atoms with Crippen molar-refractivity contribution >= 4 is 0 Å². The van der Waals surface area contributed by atoms with E-state index in [9.17, 15) is 0 Å². The fourth-order valence-electron chi connectivity index (χ4n) is 2.74. The summed E-state index contributed by atoms with van der Waals surface area (Å²) in [5, 5.41) is 0. The molecule has 0 heterocycles. The normalized spacial score (nSPS) is 35.2. The topological polar surface area (TPSA) is 26.0 Å². The Balaban J connectivity index is 2.01. The van der Waals surface area contributed by atoms with E-state index in [2.05, 4.69) is 0 Å². The molecule has 0 aliphatic heterocycles. The molecule has 0 bridgehead atoms. The Morgan fingerprint density at radius 1 is 1.09 bits per heavy atom. The molecule has 0 aromatic rings. The van der Waals surface area contributed by atoms with Crippen LogP contribution in [-0.4, -0.2) is 6.54 Å². The highest BCUT2D eigenvalue weighted by Crippen LogP contribution is 2.58. The first kappa shape index (κ1) is 7.60. The molecule has 1 heteroatoms. The van der Waals surface area contributed by atoms with Gasteiger partial charge in [0.1, 0.15) is 0 Å². The fourth-order valence-corrected chi connectivity index (χ4v) is 2.74. The fraction of sp³-hybridized carbons (Fsp3) is 1.00. The van der Waals surface area contributed by atoms with Gasteiger partial charge in [-0.2, -0.15) is 0 Å². The summed E-state index contributed by atoms with van der Waals surface area (Å²) in [5.41, 5.74) is 6.54. The van der Waals surface area contributed by atoms with Gasteiger partial charge in [-0.3, -0.25) is 0 Å². The molecule has 11 heavy (non-hydrogen) atoms. The van der Waals surface area contributed by atoms with E-state index in [1.54, 1.807) is 0 Å². The van der Waals surface area contributed by atoms with Crippen LogP contribution < -0.4 is 5.73 Å². The monoisotopic (exact) mass is 153 g/mol. The quantitative estimate of drug-likeness (QED) is 0.614. The van der Waals surface area contributed by atoms with Crippen LogP contribution in [0.2, 0.25) is 0 Å². The predicted molar refractivity (Wildman–Crippen MR) is 47.3 cm³/mol. The van der Waals surface area contributed by atoms with Crippen molar-refractivity contribution in [3.05, 3.63) is 0 Å². The Labute approximate surface area is 69.4 Å². The van der Waals surface area contributed by atoms with E-state index in [0.29, 0.717) is 0 Å². The lowest BCUT2D eigenvalue weighted by molar-refractivity contribution is 0.295. The van der Waals surface area contributed by atoms with Gasteiger partial charge in [-0.05, 0) is 43.6 Å². The van der Waals surface area contributed by atoms with Gasteiger partial charge in [-0.25, -0.2) is 0 Å². The summed E-state index contributed by atoms with van der Waals surface area (Å²) in [6.07, 6.45) is 10.2. The van der Waals surface area contributed by atoms with Crippen LogP contribution in [0.1, 0.15) is 44.9 Å². The standard InChI is InChI=1S/C10H19N/c11-8-9-4-2-1-3-5-10(9)6-7-10/h9H,1-8,11H2. The minimum Gasteiger partial charge on any atom is -0.330 e. The number of nitrogens with two attached hydrogens (primary N) is 1. The maximum atomic E-state index is 5.79. The smallest absolute Gasteiger partial charge is 0.00436 e. The van der Waals surface area contributed by atoms with Crippen molar-refractivity contribution in [2.24, 2.45) is 17.1 Å². The zero-order chi connectivity index (χ0) is 7.73. The number of hydrogen-bond donors (Lipinski definition) is 1. The summed E-state index contributed by atoms with van der Waals surface area (Å²) >= 11 is 0. The van der Waals surface area contributed by atoms with Crippen LogP contribution >= 0.6 is 0 Å². The maximum absolute atomic E-state index is 5.79. The minimum absolute atomic E-state index is 0.755. The summed E-state index contributed by atoms with van der Waals surface area (Å²) in [7, 11) is 0. The Hall–Kier alpha value is -0.0400. The molecule has 2 aliphatic rings. The molecular weight excluding hydrogens is 134 g/mol. The molecule has 1 unspecified atom stereocenters. The van der Waals surface area contributed by atoms with Crippen LogP contribution in [0.25, 0.3) is 0 Å². The van der Waals surface area contributed by atoms with Crippen molar-refractivity contribution in [2.75, 3.05) is 6.54 Å². The van der Waals surface area contributed by atoms with Crippen molar-refractivity contribution in [2.45, 2.75) is 44.9 Å². The molecule has 2 saturated carbocycles. The summed E-state index contributed by atoms with van der Waals surface area (Å²) in [4.78, 5) is 0. The molecule has 64 valence electrons. The second-order valence-electron chi connectivity index (χ2n) is 4.39. The Kier molecular flexibility index (Phi) is 1.92. The van der Waals surface area contributed by atoms with E-state index in [0.717, 1.165) is 17.9 Å². The van der Waals surface area contributed by atoms with Crippen LogP contribution in [0.4, 0.5) is 0 Å². The summed E-state index contributed by atoms with van der Waals surface area (Å²) in [5.74, 6) is 0.880. The molecule has 2 fully saturated rings. The average Bonchev–Trinajstić information content (AvgIpc) is 2.80. The van der Waals surface area contributed by atoms with Crippen LogP contribution in [0, 0.1) is 11.3 Å². The molecule has 0 radical (unpaired) electrons. The van der Waals surface area contributed by atoms with Gasteiger partial charge < -0.3 is 5.73 Å². The van der Waals surface area contributed by atoms with Gasteiger partial charge in [0.2, 0.25) is 0 Å². The maximum Gasteiger partial charge on any atom is -0.00436 e. The van der Waals surface area contributed by atoms with Gasteiger partial charge >= 0.3 is 0 Å². The van der Waals surface area contributed by atoms with Crippen LogP contribution in [0.3, 0.4) is 0 Å². The highest BCUT2D eigenvalue weighted by molar-refractivity contribution is 4.99. The zero-order valence-electron chi connectivity index (χ0n) is 7.31. The van der Waals surface area contributed by atoms with Gasteiger partial charge in [0.05, 0.1) is 0 Å². The highest BCUT2D eigenvalue weighted by Gasteiger charge is 2.47. The van der Waals surface area contributed by atoms with Gasteiger partial charge in [-0.15, -0.1) is 0 Å². The summed E-state index contributed by atoms with van der Waals surface area (Å²) in [6.45, 7) is 0.944. The van der Waals surface area contributed by atoms with E-state index in [1.165, 1.54) is 44.9 Å². The van der Waals surface area contributed by atoms with Gasteiger partial charge in [0, 0.05) is 0 Å². The van der Waals surface area contributed by atoms with E-state index >= 15 is 0 Å². The predicted octanol–water partition coefficient (Wildman–Crippen LogP) is 2.31. The van der Waals surface area contributed by atoms with Crippen LogP contribution in [0.15, 0.2) is 0 Å². The van der Waals surface area contributed by atoms with Gasteiger partial charge in [0.15, 0.2) is 0 Å². The summed E-state index contributed by atoms with van der Waals surface area (Å²) in [6, 6.07) is 0. The average molecular weight is 153 g/mol. The van der Waals surface area contributed by atoms with E-state index < -0.39 is 0 Å². The molecule has 0 saturated heterocycles. The molecule has 1 atom stereocenters. The lowest BCUT2D eigenvalue weighted by Gasteiger charge is -2.22. The third-order valence-electron chi connectivity index (χ3n) is 3.77. The molecule has 1 spiro atoms. The lowest BCUT2D eigenvalue weighted by Crippen LogP contribution is -2.23. The first-order valence-corrected chi connectivity index (χ1v) is 5.07. The van der Waals surface area contributed by atoms with Gasteiger partial charge in [0.25, 0.3) is 0 Å².